The monoisotopic (exact) mass is 348 g/mol. The van der Waals surface area contributed by atoms with Crippen LogP contribution < -0.4 is 5.32 Å². The molecule has 0 bridgehead atoms. The first-order chi connectivity index (χ1) is 12.6. The highest BCUT2D eigenvalue weighted by molar-refractivity contribution is 5.98. The van der Waals surface area contributed by atoms with Crippen molar-refractivity contribution in [2.75, 3.05) is 7.05 Å². The number of hydrogen-bond donors (Lipinski definition) is 1. The number of benzene rings is 2. The fourth-order valence-corrected chi connectivity index (χ4v) is 3.53. The van der Waals surface area contributed by atoms with Crippen molar-refractivity contribution >= 4 is 11.8 Å². The van der Waals surface area contributed by atoms with Crippen molar-refractivity contribution in [3.63, 3.8) is 0 Å². The molecule has 0 aliphatic heterocycles. The lowest BCUT2D eigenvalue weighted by molar-refractivity contribution is 0.0620. The molecule has 4 rings (SSSR count). The van der Waals surface area contributed by atoms with Gasteiger partial charge < -0.3 is 10.2 Å². The molecule has 2 fully saturated rings. The van der Waals surface area contributed by atoms with Crippen molar-refractivity contribution < 1.29 is 9.59 Å². The lowest BCUT2D eigenvalue weighted by Crippen LogP contribution is -2.44. The summed E-state index contributed by atoms with van der Waals surface area (Å²) in [5, 5.41) is 2.96. The molecule has 0 spiro atoms. The van der Waals surface area contributed by atoms with Crippen molar-refractivity contribution in [2.24, 2.45) is 0 Å². The molecule has 26 heavy (non-hydrogen) atoms. The quantitative estimate of drug-likeness (QED) is 0.897. The van der Waals surface area contributed by atoms with Crippen LogP contribution in [0.2, 0.25) is 0 Å². The second-order valence-electron chi connectivity index (χ2n) is 7.47. The van der Waals surface area contributed by atoms with Crippen LogP contribution in [0.25, 0.3) is 0 Å². The van der Waals surface area contributed by atoms with Gasteiger partial charge in [0.25, 0.3) is 11.8 Å². The maximum Gasteiger partial charge on any atom is 0.253 e. The average Bonchev–Trinajstić information content (AvgIpc) is 3.45. The van der Waals surface area contributed by atoms with Crippen molar-refractivity contribution in [1.29, 1.82) is 0 Å². The Bertz CT molecular complexity index is 791. The van der Waals surface area contributed by atoms with Gasteiger partial charge in [-0.3, -0.25) is 9.59 Å². The minimum absolute atomic E-state index is 0.0238. The maximum atomic E-state index is 12.7. The van der Waals surface area contributed by atoms with Gasteiger partial charge in [0.2, 0.25) is 0 Å². The van der Waals surface area contributed by atoms with Gasteiger partial charge in [-0.05, 0) is 61.4 Å². The highest BCUT2D eigenvalue weighted by Crippen LogP contribution is 2.39. The Morgan fingerprint density at radius 1 is 0.923 bits per heavy atom. The molecule has 134 valence electrons. The molecular formula is C22H24N2O2. The predicted molar refractivity (Wildman–Crippen MR) is 101 cm³/mol. The van der Waals surface area contributed by atoms with Crippen LogP contribution in [0.15, 0.2) is 54.6 Å². The molecule has 0 radical (unpaired) electrons. The van der Waals surface area contributed by atoms with Crippen LogP contribution in [-0.2, 0) is 0 Å². The van der Waals surface area contributed by atoms with E-state index in [1.165, 1.54) is 5.56 Å². The summed E-state index contributed by atoms with van der Waals surface area (Å²) in [5.74, 6) is 0.519. The van der Waals surface area contributed by atoms with Gasteiger partial charge in [0.15, 0.2) is 0 Å². The van der Waals surface area contributed by atoms with Crippen molar-refractivity contribution in [1.82, 2.24) is 10.2 Å². The van der Waals surface area contributed by atoms with Crippen LogP contribution >= 0.6 is 0 Å². The van der Waals surface area contributed by atoms with E-state index in [0.717, 1.165) is 25.7 Å². The minimum Gasteiger partial charge on any atom is -0.349 e. The molecule has 0 heterocycles. The normalized spacial score (nSPS) is 21.6. The van der Waals surface area contributed by atoms with Crippen molar-refractivity contribution in [2.45, 2.75) is 43.7 Å². The largest absolute Gasteiger partial charge is 0.349 e. The molecule has 2 saturated carbocycles. The first-order valence-electron chi connectivity index (χ1n) is 9.35. The molecule has 0 unspecified atom stereocenters. The van der Waals surface area contributed by atoms with E-state index in [1.54, 1.807) is 24.3 Å². The zero-order chi connectivity index (χ0) is 18.1. The van der Waals surface area contributed by atoms with Gasteiger partial charge in [-0.1, -0.05) is 30.3 Å². The molecule has 4 heteroatoms. The molecule has 2 aromatic carbocycles. The molecule has 2 aromatic rings. The average molecular weight is 348 g/mol. The summed E-state index contributed by atoms with van der Waals surface area (Å²) in [4.78, 5) is 26.6. The number of nitrogens with zero attached hydrogens (tertiary/aromatic N) is 1. The summed E-state index contributed by atoms with van der Waals surface area (Å²) < 4.78 is 0. The summed E-state index contributed by atoms with van der Waals surface area (Å²) in [7, 11) is 1.88. The topological polar surface area (TPSA) is 49.4 Å². The van der Waals surface area contributed by atoms with Gasteiger partial charge in [0.05, 0.1) is 0 Å². The molecule has 0 atom stereocenters. The van der Waals surface area contributed by atoms with Gasteiger partial charge in [0.1, 0.15) is 0 Å². The molecule has 0 aromatic heterocycles. The Kier molecular flexibility index (Phi) is 4.49. The predicted octanol–water partition coefficient (Wildman–Crippen LogP) is 3.60. The highest BCUT2D eigenvalue weighted by Gasteiger charge is 2.35. The standard InChI is InChI=1S/C22H24N2O2/c1-24(20-13-18(14-20)15-5-3-2-4-6-15)22(26)17-9-7-16(8-10-17)21(25)23-19-11-12-19/h2-10,18-20H,11-14H2,1H3,(H,23,25). The van der Waals surface area contributed by atoms with Crippen molar-refractivity contribution in [3.05, 3.63) is 71.3 Å². The number of carbonyl (C=O) groups excluding carboxylic acids is 2. The summed E-state index contributed by atoms with van der Waals surface area (Å²) >= 11 is 0. The van der Waals surface area contributed by atoms with Crippen LogP contribution in [0, 0.1) is 0 Å². The van der Waals surface area contributed by atoms with Crippen LogP contribution in [-0.4, -0.2) is 35.8 Å². The Morgan fingerprint density at radius 3 is 2.15 bits per heavy atom. The zero-order valence-corrected chi connectivity index (χ0v) is 15.0. The van der Waals surface area contributed by atoms with Gasteiger partial charge >= 0.3 is 0 Å². The summed E-state index contributed by atoms with van der Waals surface area (Å²) in [6.07, 6.45) is 4.15. The molecule has 2 amide bonds. The van der Waals surface area contributed by atoms with Gasteiger partial charge in [0, 0.05) is 30.3 Å². The van der Waals surface area contributed by atoms with Gasteiger partial charge in [-0.25, -0.2) is 0 Å². The molecule has 0 saturated heterocycles. The molecule has 1 N–H and O–H groups in total. The second-order valence-corrected chi connectivity index (χ2v) is 7.47. The number of hydrogen-bond acceptors (Lipinski definition) is 2. The van der Waals surface area contributed by atoms with Crippen LogP contribution in [0.5, 0.6) is 0 Å². The Morgan fingerprint density at radius 2 is 1.54 bits per heavy atom. The van der Waals surface area contributed by atoms with E-state index in [1.807, 2.05) is 18.0 Å². The number of carbonyl (C=O) groups is 2. The van der Waals surface area contributed by atoms with E-state index < -0.39 is 0 Å². The van der Waals surface area contributed by atoms with E-state index in [4.69, 9.17) is 0 Å². The summed E-state index contributed by atoms with van der Waals surface area (Å²) in [6.45, 7) is 0. The summed E-state index contributed by atoms with van der Waals surface area (Å²) in [6, 6.07) is 18.1. The van der Waals surface area contributed by atoms with Crippen molar-refractivity contribution in [3.8, 4) is 0 Å². The third kappa shape index (κ3) is 3.50. The van der Waals surface area contributed by atoms with E-state index in [9.17, 15) is 9.59 Å². The molecular weight excluding hydrogens is 324 g/mol. The van der Waals surface area contributed by atoms with E-state index >= 15 is 0 Å². The fraction of sp³-hybridized carbons (Fsp3) is 0.364. The smallest absolute Gasteiger partial charge is 0.253 e. The molecule has 2 aliphatic rings. The van der Waals surface area contributed by atoms with E-state index in [0.29, 0.717) is 23.1 Å². The van der Waals surface area contributed by atoms with Gasteiger partial charge in [-0.2, -0.15) is 0 Å². The number of rotatable bonds is 5. The second kappa shape index (κ2) is 6.94. The zero-order valence-electron chi connectivity index (χ0n) is 15.0. The maximum absolute atomic E-state index is 12.7. The highest BCUT2D eigenvalue weighted by atomic mass is 16.2. The van der Waals surface area contributed by atoms with Crippen LogP contribution in [0.3, 0.4) is 0 Å². The SMILES string of the molecule is CN(C(=O)c1ccc(C(=O)NC2CC2)cc1)C1CC(c2ccccc2)C1. The van der Waals surface area contributed by atoms with E-state index in [-0.39, 0.29) is 17.9 Å². The third-order valence-corrected chi connectivity index (χ3v) is 5.56. The molecule has 4 nitrogen and oxygen atoms in total. The van der Waals surface area contributed by atoms with Crippen LogP contribution in [0.4, 0.5) is 0 Å². The fourth-order valence-electron chi connectivity index (χ4n) is 3.53. The Hall–Kier alpha value is -2.62. The first kappa shape index (κ1) is 16.8. The molecule has 2 aliphatic carbocycles. The number of amides is 2. The Labute approximate surface area is 154 Å². The lowest BCUT2D eigenvalue weighted by Gasteiger charge is -2.41. The lowest BCUT2D eigenvalue weighted by atomic mass is 9.75. The van der Waals surface area contributed by atoms with Crippen LogP contribution in [0.1, 0.15) is 57.9 Å². The third-order valence-electron chi connectivity index (χ3n) is 5.56. The number of nitrogens with one attached hydrogen (secondary N) is 1. The summed E-state index contributed by atoms with van der Waals surface area (Å²) in [5.41, 5.74) is 2.61. The van der Waals surface area contributed by atoms with E-state index in [2.05, 4.69) is 29.6 Å². The Balaban J connectivity index is 1.34. The van der Waals surface area contributed by atoms with Gasteiger partial charge in [-0.15, -0.1) is 0 Å². The minimum atomic E-state index is -0.0513. The first-order valence-corrected chi connectivity index (χ1v) is 9.35.